The Morgan fingerprint density at radius 3 is 2.54 bits per heavy atom. The molecule has 1 heterocycles. The van der Waals surface area contributed by atoms with Crippen molar-refractivity contribution in [2.75, 3.05) is 0 Å². The van der Waals surface area contributed by atoms with Crippen LogP contribution in [0.3, 0.4) is 0 Å². The van der Waals surface area contributed by atoms with E-state index in [2.05, 4.69) is 4.98 Å². The van der Waals surface area contributed by atoms with Crippen LogP contribution in [-0.2, 0) is 10.2 Å². The lowest BCUT2D eigenvalue weighted by molar-refractivity contribution is -0.111. The molecule has 0 fully saturated rings. The summed E-state index contributed by atoms with van der Waals surface area (Å²) in [5.41, 5.74) is 1.07. The Morgan fingerprint density at radius 2 is 2.08 bits per heavy atom. The van der Waals surface area contributed by atoms with Gasteiger partial charge < -0.3 is 4.79 Å². The Morgan fingerprint density at radius 1 is 1.46 bits per heavy atom. The molecule has 0 bridgehead atoms. The number of rotatable bonds is 2. The SMILES string of the molecule is Cc1ccc(C(C)(C)C=O)c(Cl)n1. The van der Waals surface area contributed by atoms with E-state index in [-0.39, 0.29) is 0 Å². The van der Waals surface area contributed by atoms with Crippen molar-refractivity contribution in [2.24, 2.45) is 0 Å². The number of halogens is 1. The van der Waals surface area contributed by atoms with Crippen LogP contribution < -0.4 is 0 Å². The van der Waals surface area contributed by atoms with E-state index in [1.807, 2.05) is 32.9 Å². The molecular weight excluding hydrogens is 186 g/mol. The molecule has 13 heavy (non-hydrogen) atoms. The first-order chi connectivity index (χ1) is 5.97. The van der Waals surface area contributed by atoms with Crippen LogP contribution >= 0.6 is 11.6 Å². The molecular formula is C10H12ClNO. The highest BCUT2D eigenvalue weighted by Gasteiger charge is 2.22. The highest BCUT2D eigenvalue weighted by molar-refractivity contribution is 6.30. The monoisotopic (exact) mass is 197 g/mol. The van der Waals surface area contributed by atoms with Crippen LogP contribution in [0.4, 0.5) is 0 Å². The molecule has 0 aliphatic rings. The van der Waals surface area contributed by atoms with Crippen molar-refractivity contribution >= 4 is 17.9 Å². The topological polar surface area (TPSA) is 30.0 Å². The molecule has 2 nitrogen and oxygen atoms in total. The zero-order chi connectivity index (χ0) is 10.1. The smallest absolute Gasteiger partial charge is 0.133 e. The van der Waals surface area contributed by atoms with Gasteiger partial charge >= 0.3 is 0 Å². The van der Waals surface area contributed by atoms with E-state index in [1.54, 1.807) is 0 Å². The van der Waals surface area contributed by atoms with Gasteiger partial charge in [-0.1, -0.05) is 17.7 Å². The average Bonchev–Trinajstić information content (AvgIpc) is 2.03. The normalized spacial score (nSPS) is 11.4. The summed E-state index contributed by atoms with van der Waals surface area (Å²) in [6.07, 6.45) is 0.880. The number of carbonyl (C=O) groups excluding carboxylic acids is 1. The molecule has 1 aromatic rings. The zero-order valence-electron chi connectivity index (χ0n) is 7.97. The summed E-state index contributed by atoms with van der Waals surface area (Å²) in [5, 5.41) is 0.414. The summed E-state index contributed by atoms with van der Waals surface area (Å²) in [6, 6.07) is 3.70. The third-order valence-corrected chi connectivity index (χ3v) is 2.26. The van der Waals surface area contributed by atoms with Gasteiger partial charge in [0.15, 0.2) is 0 Å². The Balaban J connectivity index is 3.23. The van der Waals surface area contributed by atoms with Gasteiger partial charge in [-0.05, 0) is 26.8 Å². The van der Waals surface area contributed by atoms with E-state index in [1.165, 1.54) is 0 Å². The quantitative estimate of drug-likeness (QED) is 0.539. The predicted molar refractivity (Wildman–Crippen MR) is 53.1 cm³/mol. The van der Waals surface area contributed by atoms with Crippen LogP contribution in [0, 0.1) is 6.92 Å². The maximum atomic E-state index is 10.8. The Hall–Kier alpha value is -0.890. The maximum Gasteiger partial charge on any atom is 0.133 e. The van der Waals surface area contributed by atoms with Crippen molar-refractivity contribution in [3.63, 3.8) is 0 Å². The van der Waals surface area contributed by atoms with Gasteiger partial charge in [0.2, 0.25) is 0 Å². The number of aryl methyl sites for hydroxylation is 1. The molecule has 0 saturated carbocycles. The van der Waals surface area contributed by atoms with Crippen LogP contribution in [0.5, 0.6) is 0 Å². The first-order valence-corrected chi connectivity index (χ1v) is 4.45. The minimum absolute atomic E-state index is 0.414. The summed E-state index contributed by atoms with van der Waals surface area (Å²) in [7, 11) is 0. The van der Waals surface area contributed by atoms with E-state index >= 15 is 0 Å². The number of aldehydes is 1. The number of aromatic nitrogens is 1. The fourth-order valence-electron chi connectivity index (χ4n) is 1.07. The molecule has 3 heteroatoms. The number of nitrogens with zero attached hydrogens (tertiary/aromatic N) is 1. The fourth-order valence-corrected chi connectivity index (χ4v) is 1.51. The van der Waals surface area contributed by atoms with E-state index in [4.69, 9.17) is 11.6 Å². The number of carbonyl (C=O) groups is 1. The average molecular weight is 198 g/mol. The van der Waals surface area contributed by atoms with Gasteiger partial charge in [-0.2, -0.15) is 0 Å². The highest BCUT2D eigenvalue weighted by atomic mass is 35.5. The highest BCUT2D eigenvalue weighted by Crippen LogP contribution is 2.26. The lowest BCUT2D eigenvalue weighted by Gasteiger charge is -2.18. The molecule has 0 amide bonds. The molecule has 1 aromatic heterocycles. The summed E-state index contributed by atoms with van der Waals surface area (Å²) in [6.45, 7) is 5.50. The Kier molecular flexibility index (Phi) is 2.71. The van der Waals surface area contributed by atoms with E-state index in [0.717, 1.165) is 17.5 Å². The zero-order valence-corrected chi connectivity index (χ0v) is 8.72. The second kappa shape index (κ2) is 3.46. The minimum atomic E-state index is -0.558. The number of hydrogen-bond donors (Lipinski definition) is 0. The fraction of sp³-hybridized carbons (Fsp3) is 0.400. The molecule has 0 aromatic carbocycles. The summed E-state index contributed by atoms with van der Waals surface area (Å²) in [4.78, 5) is 14.9. The second-order valence-corrected chi connectivity index (χ2v) is 3.99. The van der Waals surface area contributed by atoms with Crippen LogP contribution in [0.25, 0.3) is 0 Å². The van der Waals surface area contributed by atoms with Crippen molar-refractivity contribution in [1.82, 2.24) is 4.98 Å². The van der Waals surface area contributed by atoms with Crippen molar-refractivity contribution in [1.29, 1.82) is 0 Å². The number of hydrogen-bond acceptors (Lipinski definition) is 2. The van der Waals surface area contributed by atoms with Gasteiger partial charge in [0.1, 0.15) is 11.4 Å². The molecule has 0 spiro atoms. The minimum Gasteiger partial charge on any atom is -0.302 e. The molecule has 0 radical (unpaired) electrons. The Labute approximate surface area is 82.9 Å². The van der Waals surface area contributed by atoms with Gasteiger partial charge in [-0.25, -0.2) is 4.98 Å². The summed E-state index contributed by atoms with van der Waals surface area (Å²) >= 11 is 5.92. The van der Waals surface area contributed by atoms with E-state index in [0.29, 0.717) is 5.15 Å². The van der Waals surface area contributed by atoms with Crippen LogP contribution in [0.2, 0.25) is 5.15 Å². The molecule has 70 valence electrons. The lowest BCUT2D eigenvalue weighted by Crippen LogP contribution is -2.19. The van der Waals surface area contributed by atoms with Gasteiger partial charge in [-0.15, -0.1) is 0 Å². The van der Waals surface area contributed by atoms with E-state index < -0.39 is 5.41 Å². The van der Waals surface area contributed by atoms with Gasteiger partial charge in [0.25, 0.3) is 0 Å². The van der Waals surface area contributed by atoms with E-state index in [9.17, 15) is 4.79 Å². The van der Waals surface area contributed by atoms with Crippen LogP contribution in [0.15, 0.2) is 12.1 Å². The van der Waals surface area contributed by atoms with Crippen molar-refractivity contribution in [3.05, 3.63) is 28.5 Å². The summed E-state index contributed by atoms with van der Waals surface area (Å²) < 4.78 is 0. The molecule has 1 rings (SSSR count). The maximum absolute atomic E-state index is 10.8. The molecule has 0 saturated heterocycles. The molecule has 0 unspecified atom stereocenters. The number of pyridine rings is 1. The van der Waals surface area contributed by atoms with Crippen molar-refractivity contribution in [3.8, 4) is 0 Å². The van der Waals surface area contributed by atoms with Crippen LogP contribution in [0.1, 0.15) is 25.1 Å². The predicted octanol–water partition coefficient (Wildman–Crippen LogP) is 2.52. The first kappa shape index (κ1) is 10.2. The molecule has 0 aliphatic carbocycles. The van der Waals surface area contributed by atoms with Crippen molar-refractivity contribution < 1.29 is 4.79 Å². The summed E-state index contributed by atoms with van der Waals surface area (Å²) in [5.74, 6) is 0. The third-order valence-electron chi connectivity index (χ3n) is 1.98. The molecule has 0 aliphatic heterocycles. The molecule has 0 atom stereocenters. The standard InChI is InChI=1S/C10H12ClNO/c1-7-4-5-8(9(11)12-7)10(2,3)6-13/h4-6H,1-3H3. The first-order valence-electron chi connectivity index (χ1n) is 4.07. The van der Waals surface area contributed by atoms with Crippen LogP contribution in [-0.4, -0.2) is 11.3 Å². The largest absolute Gasteiger partial charge is 0.302 e. The third kappa shape index (κ3) is 2.07. The lowest BCUT2D eigenvalue weighted by atomic mass is 9.87. The van der Waals surface area contributed by atoms with Gasteiger partial charge in [0.05, 0.1) is 0 Å². The molecule has 0 N–H and O–H groups in total. The van der Waals surface area contributed by atoms with Crippen molar-refractivity contribution in [2.45, 2.75) is 26.2 Å². The Bertz CT molecular complexity index is 334. The van der Waals surface area contributed by atoms with Gasteiger partial charge in [0, 0.05) is 16.7 Å². The second-order valence-electron chi connectivity index (χ2n) is 3.63. The van der Waals surface area contributed by atoms with Gasteiger partial charge in [-0.3, -0.25) is 0 Å².